The molecule has 0 saturated heterocycles. The average molecular weight is 303 g/mol. The van der Waals surface area contributed by atoms with Crippen LogP contribution in [0.3, 0.4) is 0 Å². The van der Waals surface area contributed by atoms with Crippen LogP contribution in [-0.2, 0) is 4.79 Å². The van der Waals surface area contributed by atoms with Gasteiger partial charge in [-0.05, 0) is 29.8 Å². The van der Waals surface area contributed by atoms with Gasteiger partial charge in [-0.1, -0.05) is 29.8 Å². The largest absolute Gasteiger partial charge is 0.322 e. The topological polar surface area (TPSA) is 72.2 Å². The summed E-state index contributed by atoms with van der Waals surface area (Å²) >= 11 is 5.84. The normalized spacial score (nSPS) is 10.5. The van der Waals surface area contributed by atoms with Crippen molar-refractivity contribution >= 4 is 35.0 Å². The Morgan fingerprint density at radius 1 is 1.19 bits per heavy atom. The molecule has 2 aromatic rings. The van der Waals surface area contributed by atoms with Crippen molar-refractivity contribution < 1.29 is 9.72 Å². The summed E-state index contributed by atoms with van der Waals surface area (Å²) in [6, 6.07) is 12.8. The predicted octanol–water partition coefficient (Wildman–Crippen LogP) is 3.90. The Kier molecular flexibility index (Phi) is 4.68. The molecule has 0 aliphatic heterocycles. The Labute approximate surface area is 126 Å². The zero-order valence-corrected chi connectivity index (χ0v) is 11.6. The summed E-state index contributed by atoms with van der Waals surface area (Å²) in [5, 5.41) is 13.8. The van der Waals surface area contributed by atoms with Crippen molar-refractivity contribution in [2.24, 2.45) is 0 Å². The number of non-ortho nitro benzene ring substituents is 1. The summed E-state index contributed by atoms with van der Waals surface area (Å²) in [5.74, 6) is -0.379. The van der Waals surface area contributed by atoms with Crippen LogP contribution < -0.4 is 5.32 Å². The van der Waals surface area contributed by atoms with Crippen LogP contribution in [0.2, 0.25) is 5.02 Å². The van der Waals surface area contributed by atoms with Gasteiger partial charge in [0.25, 0.3) is 5.69 Å². The van der Waals surface area contributed by atoms with Gasteiger partial charge in [-0.25, -0.2) is 0 Å². The molecular formula is C15H11ClN2O3. The van der Waals surface area contributed by atoms with Crippen LogP contribution in [0.5, 0.6) is 0 Å². The number of nitro groups is 1. The lowest BCUT2D eigenvalue weighted by Crippen LogP contribution is -2.07. The van der Waals surface area contributed by atoms with E-state index in [1.54, 1.807) is 30.3 Å². The first kappa shape index (κ1) is 14.7. The second-order valence-electron chi connectivity index (χ2n) is 4.19. The van der Waals surface area contributed by atoms with E-state index in [2.05, 4.69) is 5.32 Å². The van der Waals surface area contributed by atoms with Crippen LogP contribution in [0.15, 0.2) is 54.6 Å². The summed E-state index contributed by atoms with van der Waals surface area (Å²) in [4.78, 5) is 21.9. The Balaban J connectivity index is 2.05. The van der Waals surface area contributed by atoms with Crippen molar-refractivity contribution in [1.82, 2.24) is 0 Å². The molecule has 0 unspecified atom stereocenters. The minimum atomic E-state index is -0.516. The zero-order valence-electron chi connectivity index (χ0n) is 10.8. The first-order valence-electron chi connectivity index (χ1n) is 6.04. The van der Waals surface area contributed by atoms with Crippen LogP contribution in [-0.4, -0.2) is 10.8 Å². The molecule has 1 amide bonds. The van der Waals surface area contributed by atoms with E-state index in [9.17, 15) is 14.9 Å². The van der Waals surface area contributed by atoms with Crippen molar-refractivity contribution in [2.45, 2.75) is 0 Å². The number of nitro benzene ring substituents is 1. The van der Waals surface area contributed by atoms with Gasteiger partial charge in [0, 0.05) is 28.9 Å². The summed E-state index contributed by atoms with van der Waals surface area (Å²) in [7, 11) is 0. The number of hydrogen-bond donors (Lipinski definition) is 1. The average Bonchev–Trinajstić information content (AvgIpc) is 2.45. The molecule has 0 heterocycles. The molecule has 0 bridgehead atoms. The summed E-state index contributed by atoms with van der Waals surface area (Å²) in [6.07, 6.45) is 2.95. The standard InChI is InChI=1S/C15H11ClN2O3/c16-12-4-1-3-11(9-12)7-8-15(19)17-13-5-2-6-14(10-13)18(20)21/h1-10H,(H,17,19)/b8-7+. The van der Waals surface area contributed by atoms with E-state index in [4.69, 9.17) is 11.6 Å². The Morgan fingerprint density at radius 2 is 1.95 bits per heavy atom. The lowest BCUT2D eigenvalue weighted by Gasteiger charge is -2.01. The maximum Gasteiger partial charge on any atom is 0.271 e. The van der Waals surface area contributed by atoms with Gasteiger partial charge >= 0.3 is 0 Å². The third-order valence-corrected chi connectivity index (χ3v) is 2.84. The number of halogens is 1. The minimum Gasteiger partial charge on any atom is -0.322 e. The predicted molar refractivity (Wildman–Crippen MR) is 82.2 cm³/mol. The molecule has 0 aromatic heterocycles. The summed E-state index contributed by atoms with van der Waals surface area (Å²) < 4.78 is 0. The van der Waals surface area contributed by atoms with Crippen molar-refractivity contribution in [3.63, 3.8) is 0 Å². The second kappa shape index (κ2) is 6.67. The van der Waals surface area contributed by atoms with Gasteiger partial charge in [-0.3, -0.25) is 14.9 Å². The van der Waals surface area contributed by atoms with Crippen LogP contribution in [0.25, 0.3) is 6.08 Å². The molecule has 0 radical (unpaired) electrons. The van der Waals surface area contributed by atoms with E-state index in [1.165, 1.54) is 24.3 Å². The number of anilines is 1. The third kappa shape index (κ3) is 4.43. The lowest BCUT2D eigenvalue weighted by molar-refractivity contribution is -0.384. The van der Waals surface area contributed by atoms with Crippen molar-refractivity contribution in [3.05, 3.63) is 75.3 Å². The number of hydrogen-bond acceptors (Lipinski definition) is 3. The van der Waals surface area contributed by atoms with Crippen LogP contribution >= 0.6 is 11.6 Å². The maximum atomic E-state index is 11.8. The van der Waals surface area contributed by atoms with Gasteiger partial charge in [0.15, 0.2) is 0 Å². The zero-order chi connectivity index (χ0) is 15.2. The van der Waals surface area contributed by atoms with Gasteiger partial charge in [0.2, 0.25) is 5.91 Å². The van der Waals surface area contributed by atoms with Gasteiger partial charge in [-0.2, -0.15) is 0 Å². The Morgan fingerprint density at radius 3 is 2.67 bits per heavy atom. The van der Waals surface area contributed by atoms with E-state index in [0.717, 1.165) is 5.56 Å². The monoisotopic (exact) mass is 302 g/mol. The number of nitrogens with one attached hydrogen (secondary N) is 1. The Bertz CT molecular complexity index is 714. The van der Waals surface area contributed by atoms with E-state index in [1.807, 2.05) is 6.07 Å². The highest BCUT2D eigenvalue weighted by atomic mass is 35.5. The van der Waals surface area contributed by atoms with Gasteiger partial charge in [-0.15, -0.1) is 0 Å². The molecule has 0 atom stereocenters. The molecule has 21 heavy (non-hydrogen) atoms. The van der Waals surface area contributed by atoms with Gasteiger partial charge in [0.1, 0.15) is 0 Å². The quantitative estimate of drug-likeness (QED) is 0.529. The molecule has 5 nitrogen and oxygen atoms in total. The SMILES string of the molecule is O=C(/C=C/c1cccc(Cl)c1)Nc1cccc([N+](=O)[O-])c1. The molecule has 1 N–H and O–H groups in total. The number of nitrogens with zero attached hydrogens (tertiary/aromatic N) is 1. The van der Waals surface area contributed by atoms with Crippen LogP contribution in [0.1, 0.15) is 5.56 Å². The second-order valence-corrected chi connectivity index (χ2v) is 4.62. The smallest absolute Gasteiger partial charge is 0.271 e. The lowest BCUT2D eigenvalue weighted by atomic mass is 10.2. The van der Waals surface area contributed by atoms with E-state index in [0.29, 0.717) is 10.7 Å². The molecule has 0 spiro atoms. The molecule has 0 aliphatic rings. The fraction of sp³-hybridized carbons (Fsp3) is 0. The molecule has 0 fully saturated rings. The molecule has 2 rings (SSSR count). The van der Waals surface area contributed by atoms with Crippen molar-refractivity contribution in [3.8, 4) is 0 Å². The fourth-order valence-electron chi connectivity index (χ4n) is 1.66. The summed E-state index contributed by atoms with van der Waals surface area (Å²) in [6.45, 7) is 0. The maximum absolute atomic E-state index is 11.8. The van der Waals surface area contributed by atoms with Crippen LogP contribution in [0.4, 0.5) is 11.4 Å². The third-order valence-electron chi connectivity index (χ3n) is 2.60. The van der Waals surface area contributed by atoms with Gasteiger partial charge in [0.05, 0.1) is 4.92 Å². The Hall–Kier alpha value is -2.66. The number of rotatable bonds is 4. The highest BCUT2D eigenvalue weighted by Gasteiger charge is 2.06. The molecule has 2 aromatic carbocycles. The van der Waals surface area contributed by atoms with Crippen molar-refractivity contribution in [2.75, 3.05) is 5.32 Å². The van der Waals surface area contributed by atoms with Crippen LogP contribution in [0, 0.1) is 10.1 Å². The highest BCUT2D eigenvalue weighted by Crippen LogP contribution is 2.17. The van der Waals surface area contributed by atoms with E-state index >= 15 is 0 Å². The van der Waals surface area contributed by atoms with E-state index in [-0.39, 0.29) is 11.6 Å². The first-order valence-corrected chi connectivity index (χ1v) is 6.41. The minimum absolute atomic E-state index is 0.0772. The van der Waals surface area contributed by atoms with E-state index < -0.39 is 4.92 Å². The first-order chi connectivity index (χ1) is 10.0. The molecule has 106 valence electrons. The molecular weight excluding hydrogens is 292 g/mol. The number of amides is 1. The van der Waals surface area contributed by atoms with Gasteiger partial charge < -0.3 is 5.32 Å². The fourth-order valence-corrected chi connectivity index (χ4v) is 1.86. The molecule has 0 aliphatic carbocycles. The number of carbonyl (C=O) groups is 1. The molecule has 0 saturated carbocycles. The highest BCUT2D eigenvalue weighted by molar-refractivity contribution is 6.30. The molecule has 6 heteroatoms. The number of benzene rings is 2. The number of carbonyl (C=O) groups excluding carboxylic acids is 1. The summed E-state index contributed by atoms with van der Waals surface area (Å²) in [5.41, 5.74) is 1.08. The van der Waals surface area contributed by atoms with Crippen molar-refractivity contribution in [1.29, 1.82) is 0 Å².